The monoisotopic (exact) mass is 966 g/mol. The molecule has 0 saturated heterocycles. The number of phosphoric acid groups is 1. The number of aliphatic hydroxyl groups excluding tert-OH is 1. The number of allylic oxidation sites excluding steroid dienone is 5. The Kier molecular flexibility index (Phi) is 48.7. The maximum Gasteiger partial charge on any atom is 0.472 e. The van der Waals surface area contributed by atoms with Crippen molar-refractivity contribution in [2.24, 2.45) is 0 Å². The number of hydrogen-bond donors (Lipinski definition) is 3. The van der Waals surface area contributed by atoms with Crippen molar-refractivity contribution < 1.29 is 32.9 Å². The molecule has 0 aromatic heterocycles. The molecule has 0 spiro atoms. The molecule has 0 aromatic carbocycles. The van der Waals surface area contributed by atoms with Crippen molar-refractivity contribution in [3.8, 4) is 0 Å². The van der Waals surface area contributed by atoms with E-state index in [-0.39, 0.29) is 19.1 Å². The number of phosphoric ester groups is 1. The van der Waals surface area contributed by atoms with E-state index in [2.05, 4.69) is 43.5 Å². The predicted molar refractivity (Wildman–Crippen MR) is 291 cm³/mol. The van der Waals surface area contributed by atoms with Gasteiger partial charge in [0.1, 0.15) is 13.2 Å². The van der Waals surface area contributed by atoms with Gasteiger partial charge >= 0.3 is 7.82 Å². The molecule has 0 saturated carbocycles. The zero-order chi connectivity index (χ0) is 49.2. The lowest BCUT2D eigenvalue weighted by atomic mass is 10.0. The molecule has 0 aromatic rings. The molecule has 0 fully saturated rings. The molecule has 8 nitrogen and oxygen atoms in total. The molecule has 67 heavy (non-hydrogen) atoms. The second kappa shape index (κ2) is 49.7. The number of amides is 1. The quantitative estimate of drug-likeness (QED) is 0.0243. The van der Waals surface area contributed by atoms with E-state index in [0.29, 0.717) is 17.4 Å². The molecule has 3 unspecified atom stereocenters. The third-order valence-electron chi connectivity index (χ3n) is 13.1. The maximum atomic E-state index is 13.0. The van der Waals surface area contributed by atoms with E-state index < -0.39 is 20.0 Å². The van der Waals surface area contributed by atoms with Crippen LogP contribution in [0.25, 0.3) is 0 Å². The van der Waals surface area contributed by atoms with Gasteiger partial charge in [0.05, 0.1) is 39.9 Å². The van der Waals surface area contributed by atoms with Crippen LogP contribution in [-0.4, -0.2) is 73.4 Å². The molecule has 3 atom stereocenters. The first kappa shape index (κ1) is 65.7. The fourth-order valence-electron chi connectivity index (χ4n) is 8.53. The summed E-state index contributed by atoms with van der Waals surface area (Å²) in [6, 6.07) is -0.861. The molecule has 9 heteroatoms. The van der Waals surface area contributed by atoms with Crippen LogP contribution in [0.4, 0.5) is 0 Å². The maximum absolute atomic E-state index is 13.0. The van der Waals surface area contributed by atoms with Gasteiger partial charge in [-0.25, -0.2) is 4.57 Å². The lowest BCUT2D eigenvalue weighted by Crippen LogP contribution is -2.45. The van der Waals surface area contributed by atoms with Crippen LogP contribution in [0.5, 0.6) is 0 Å². The lowest BCUT2D eigenvalue weighted by molar-refractivity contribution is -0.870. The summed E-state index contributed by atoms with van der Waals surface area (Å²) in [5.74, 6) is -0.183. The number of likely N-dealkylation sites (N-methyl/N-ethyl adjacent to an activating group) is 1. The van der Waals surface area contributed by atoms with Crippen molar-refractivity contribution in [2.45, 2.75) is 289 Å². The van der Waals surface area contributed by atoms with Gasteiger partial charge in [-0.1, -0.05) is 249 Å². The molecule has 0 radical (unpaired) electrons. The Morgan fingerprint density at radius 3 is 1.19 bits per heavy atom. The number of nitrogens with one attached hydrogen (secondary N) is 1. The van der Waals surface area contributed by atoms with E-state index in [1.807, 2.05) is 27.2 Å². The van der Waals surface area contributed by atoms with Gasteiger partial charge in [-0.2, -0.15) is 0 Å². The highest BCUT2D eigenvalue weighted by Gasteiger charge is 2.27. The van der Waals surface area contributed by atoms with Gasteiger partial charge in [0.2, 0.25) is 5.91 Å². The van der Waals surface area contributed by atoms with Crippen molar-refractivity contribution in [1.29, 1.82) is 0 Å². The smallest absolute Gasteiger partial charge is 0.387 e. The number of carbonyl (C=O) groups is 1. The van der Waals surface area contributed by atoms with Crippen LogP contribution in [0.3, 0.4) is 0 Å². The summed E-state index contributed by atoms with van der Waals surface area (Å²) in [6.07, 6.45) is 64.0. The molecule has 0 heterocycles. The Bertz CT molecular complexity index is 1190. The summed E-state index contributed by atoms with van der Waals surface area (Å²) in [6.45, 7) is 4.81. The van der Waals surface area contributed by atoms with Crippen LogP contribution in [-0.2, 0) is 18.4 Å². The van der Waals surface area contributed by atoms with Crippen LogP contribution in [0.15, 0.2) is 36.5 Å². The fourth-order valence-corrected chi connectivity index (χ4v) is 9.26. The standard InChI is InChI=1S/C58H113N2O6P/c1-6-8-10-12-14-16-18-20-22-23-24-25-26-27-28-29-30-31-32-33-34-35-36-37-38-40-42-44-46-48-50-52-58(62)59-56(55-66-67(63,64)65-54-53-60(3,4)5)57(61)51-49-47-45-43-41-39-21-19-17-15-13-11-9-7-2/h23-24,41,43,49,51,56-57,61H,6-22,25-40,42,44-48,50,52-55H2,1-5H3,(H-,59,62,63,64)/p+1/b24-23-,43-41+,51-49+. The Morgan fingerprint density at radius 2 is 0.821 bits per heavy atom. The molecular formula is C58H114N2O6P+. The van der Waals surface area contributed by atoms with Crippen molar-refractivity contribution in [1.82, 2.24) is 5.32 Å². The van der Waals surface area contributed by atoms with E-state index in [0.717, 1.165) is 38.5 Å². The molecular weight excluding hydrogens is 852 g/mol. The first-order chi connectivity index (χ1) is 32.5. The molecule has 0 rings (SSSR count). The van der Waals surface area contributed by atoms with Crippen molar-refractivity contribution in [3.05, 3.63) is 36.5 Å². The van der Waals surface area contributed by atoms with E-state index in [1.54, 1.807) is 6.08 Å². The van der Waals surface area contributed by atoms with Crippen LogP contribution in [0.2, 0.25) is 0 Å². The lowest BCUT2D eigenvalue weighted by Gasteiger charge is -2.25. The SMILES string of the molecule is CCCCCCCCCC/C=C\CCCCCCCCCCCCCCCCCCCCCC(=O)NC(COP(=O)(O)OCC[N+](C)(C)C)C(O)/C=C/CC/C=C/CCCCCCCCCC. The third kappa shape index (κ3) is 52.4. The normalized spacial score (nSPS) is 14.2. The van der Waals surface area contributed by atoms with Crippen molar-refractivity contribution >= 4 is 13.7 Å². The van der Waals surface area contributed by atoms with E-state index >= 15 is 0 Å². The Hall–Kier alpha value is -1.28. The Labute approximate surface area is 417 Å². The zero-order valence-corrected chi connectivity index (χ0v) is 46.0. The van der Waals surface area contributed by atoms with E-state index in [1.165, 1.54) is 218 Å². The fraction of sp³-hybridized carbons (Fsp3) is 0.879. The molecule has 3 N–H and O–H groups in total. The first-order valence-corrected chi connectivity index (χ1v) is 30.4. The summed E-state index contributed by atoms with van der Waals surface area (Å²) in [5, 5.41) is 13.9. The largest absolute Gasteiger partial charge is 0.472 e. The topological polar surface area (TPSA) is 105 Å². The number of hydrogen-bond acceptors (Lipinski definition) is 5. The predicted octanol–water partition coefficient (Wildman–Crippen LogP) is 17.4. The van der Waals surface area contributed by atoms with Crippen LogP contribution < -0.4 is 5.32 Å². The van der Waals surface area contributed by atoms with E-state index in [4.69, 9.17) is 9.05 Å². The molecule has 1 amide bonds. The minimum atomic E-state index is -4.35. The molecule has 0 aliphatic rings. The van der Waals surface area contributed by atoms with Gasteiger partial charge in [0.15, 0.2) is 0 Å². The molecule has 396 valence electrons. The van der Waals surface area contributed by atoms with Crippen LogP contribution >= 0.6 is 7.82 Å². The number of quaternary nitrogens is 1. The van der Waals surface area contributed by atoms with Crippen molar-refractivity contribution in [3.63, 3.8) is 0 Å². The van der Waals surface area contributed by atoms with Gasteiger partial charge in [-0.3, -0.25) is 13.8 Å². The summed E-state index contributed by atoms with van der Waals surface area (Å²) in [5.41, 5.74) is 0. The molecule has 0 aliphatic heterocycles. The average molecular weight is 967 g/mol. The average Bonchev–Trinajstić information content (AvgIpc) is 3.29. The van der Waals surface area contributed by atoms with Gasteiger partial charge in [-0.15, -0.1) is 0 Å². The van der Waals surface area contributed by atoms with Gasteiger partial charge in [0, 0.05) is 6.42 Å². The summed E-state index contributed by atoms with van der Waals surface area (Å²) in [7, 11) is 1.56. The number of rotatable bonds is 53. The van der Waals surface area contributed by atoms with Crippen LogP contribution in [0.1, 0.15) is 277 Å². The second-order valence-corrected chi connectivity index (χ2v) is 22.5. The zero-order valence-electron chi connectivity index (χ0n) is 45.2. The highest BCUT2D eigenvalue weighted by atomic mass is 31.2. The van der Waals surface area contributed by atoms with E-state index in [9.17, 15) is 19.4 Å². The van der Waals surface area contributed by atoms with Crippen molar-refractivity contribution in [2.75, 3.05) is 40.9 Å². The van der Waals surface area contributed by atoms with Gasteiger partial charge in [0.25, 0.3) is 0 Å². The summed E-state index contributed by atoms with van der Waals surface area (Å²) < 4.78 is 23.6. The third-order valence-corrected chi connectivity index (χ3v) is 14.1. The number of unbranched alkanes of at least 4 members (excludes halogenated alkanes) is 36. The number of aliphatic hydroxyl groups is 1. The minimum absolute atomic E-state index is 0.0575. The minimum Gasteiger partial charge on any atom is -0.387 e. The molecule has 0 aliphatic carbocycles. The highest BCUT2D eigenvalue weighted by molar-refractivity contribution is 7.47. The number of nitrogens with zero attached hydrogens (tertiary/aromatic N) is 1. The van der Waals surface area contributed by atoms with Gasteiger partial charge < -0.3 is 19.8 Å². The summed E-state index contributed by atoms with van der Waals surface area (Å²) >= 11 is 0. The Morgan fingerprint density at radius 1 is 0.493 bits per heavy atom. The Balaban J connectivity index is 4.06. The van der Waals surface area contributed by atoms with Crippen LogP contribution in [0, 0.1) is 0 Å². The second-order valence-electron chi connectivity index (χ2n) is 21.0. The first-order valence-electron chi connectivity index (χ1n) is 28.9. The summed E-state index contributed by atoms with van der Waals surface area (Å²) in [4.78, 5) is 23.2. The molecule has 0 bridgehead atoms. The highest BCUT2D eigenvalue weighted by Crippen LogP contribution is 2.43. The van der Waals surface area contributed by atoms with Gasteiger partial charge in [-0.05, 0) is 57.8 Å². The number of carbonyl (C=O) groups excluding carboxylic acids is 1.